The lowest BCUT2D eigenvalue weighted by Gasteiger charge is -2.24. The molecule has 6 nitrogen and oxygen atoms in total. The normalized spacial score (nSPS) is 15.5. The summed E-state index contributed by atoms with van der Waals surface area (Å²) in [6, 6.07) is 14.5. The maximum Gasteiger partial charge on any atom is 0.251 e. The molecule has 1 aliphatic rings. The van der Waals surface area contributed by atoms with Gasteiger partial charge >= 0.3 is 0 Å². The molecule has 0 saturated carbocycles. The Bertz CT molecular complexity index is 914. The smallest absolute Gasteiger partial charge is 0.251 e. The molecule has 1 N–H and O–H groups in total. The summed E-state index contributed by atoms with van der Waals surface area (Å²) in [6.07, 6.45) is 1.89. The number of nitrogens with zero attached hydrogens (tertiary/aromatic N) is 2. The number of likely N-dealkylation sites (N-methyl/N-ethyl adjacent to an activating group) is 1. The van der Waals surface area contributed by atoms with E-state index in [1.165, 1.54) is 17.5 Å². The average molecular weight is 468 g/mol. The van der Waals surface area contributed by atoms with E-state index in [2.05, 4.69) is 53.2 Å². The van der Waals surface area contributed by atoms with Gasteiger partial charge in [-0.25, -0.2) is 0 Å². The number of hydrogen-bond donors (Lipinski definition) is 1. The minimum Gasteiger partial charge on any atom is -0.491 e. The third-order valence-electron chi connectivity index (χ3n) is 6.02. The number of carbonyl (C=O) groups is 1. The van der Waals surface area contributed by atoms with E-state index in [1.807, 2.05) is 32.3 Å². The molecule has 0 spiro atoms. The second kappa shape index (κ2) is 13.5. The highest BCUT2D eigenvalue weighted by Gasteiger charge is 2.14. The first-order valence-electron chi connectivity index (χ1n) is 12.5. The molecule has 6 heteroatoms. The van der Waals surface area contributed by atoms with Crippen molar-refractivity contribution in [3.8, 4) is 5.75 Å². The van der Waals surface area contributed by atoms with E-state index in [9.17, 15) is 4.79 Å². The van der Waals surface area contributed by atoms with Crippen LogP contribution in [0, 0.1) is 5.92 Å². The first-order chi connectivity index (χ1) is 16.4. The van der Waals surface area contributed by atoms with Gasteiger partial charge in [-0.2, -0.15) is 0 Å². The Balaban J connectivity index is 1.80. The van der Waals surface area contributed by atoms with E-state index in [1.54, 1.807) is 0 Å². The van der Waals surface area contributed by atoms with Crippen LogP contribution in [0.15, 0.2) is 42.5 Å². The predicted octanol–water partition coefficient (Wildman–Crippen LogP) is 3.83. The van der Waals surface area contributed by atoms with Crippen LogP contribution in [0.4, 0.5) is 0 Å². The molecule has 0 saturated heterocycles. The number of rotatable bonds is 7. The fraction of sp³-hybridized carbons (Fsp3) is 0.536. The van der Waals surface area contributed by atoms with Crippen LogP contribution in [0.2, 0.25) is 0 Å². The Morgan fingerprint density at radius 3 is 2.71 bits per heavy atom. The zero-order valence-corrected chi connectivity index (χ0v) is 21.3. The molecule has 1 heterocycles. The summed E-state index contributed by atoms with van der Waals surface area (Å²) in [5.41, 5.74) is 4.21. The molecular weight excluding hydrogens is 426 g/mol. The van der Waals surface area contributed by atoms with Crippen molar-refractivity contribution in [2.45, 2.75) is 33.2 Å². The molecule has 3 rings (SSSR count). The van der Waals surface area contributed by atoms with E-state index in [0.717, 1.165) is 43.9 Å². The minimum atomic E-state index is -0.0538. The van der Waals surface area contributed by atoms with Gasteiger partial charge in [-0.3, -0.25) is 9.69 Å². The van der Waals surface area contributed by atoms with E-state index in [-0.39, 0.29) is 5.91 Å². The number of benzene rings is 2. The second-order valence-corrected chi connectivity index (χ2v) is 9.80. The van der Waals surface area contributed by atoms with Crippen LogP contribution < -0.4 is 10.1 Å². The molecule has 0 aromatic heterocycles. The lowest BCUT2D eigenvalue weighted by molar-refractivity contribution is 0.0764. The molecule has 0 aliphatic carbocycles. The Morgan fingerprint density at radius 1 is 1.09 bits per heavy atom. The van der Waals surface area contributed by atoms with Crippen LogP contribution in [-0.4, -0.2) is 75.8 Å². The monoisotopic (exact) mass is 467 g/mol. The minimum absolute atomic E-state index is 0.0538. The first-order valence-corrected chi connectivity index (χ1v) is 12.5. The van der Waals surface area contributed by atoms with Crippen LogP contribution >= 0.6 is 0 Å². The highest BCUT2D eigenvalue weighted by atomic mass is 16.5. The van der Waals surface area contributed by atoms with Crippen molar-refractivity contribution < 1.29 is 14.3 Å². The van der Waals surface area contributed by atoms with Gasteiger partial charge in [0.15, 0.2) is 0 Å². The summed E-state index contributed by atoms with van der Waals surface area (Å²) in [7, 11) is 3.99. The third-order valence-corrected chi connectivity index (χ3v) is 6.02. The van der Waals surface area contributed by atoms with Crippen LogP contribution in [0.1, 0.15) is 47.3 Å². The summed E-state index contributed by atoms with van der Waals surface area (Å²) in [5, 5.41) is 3.00. The van der Waals surface area contributed by atoms with Crippen molar-refractivity contribution in [3.63, 3.8) is 0 Å². The number of nitrogens with one attached hydrogen (secondary N) is 1. The highest BCUT2D eigenvalue weighted by Crippen LogP contribution is 2.24. The van der Waals surface area contributed by atoms with Gasteiger partial charge in [0.1, 0.15) is 12.4 Å². The second-order valence-electron chi connectivity index (χ2n) is 9.80. The molecule has 1 amide bonds. The predicted molar refractivity (Wildman–Crippen MR) is 138 cm³/mol. The lowest BCUT2D eigenvalue weighted by Crippen LogP contribution is -2.31. The summed E-state index contributed by atoms with van der Waals surface area (Å²) in [4.78, 5) is 17.2. The largest absolute Gasteiger partial charge is 0.491 e. The molecule has 2 aromatic carbocycles. The summed E-state index contributed by atoms with van der Waals surface area (Å²) < 4.78 is 12.0. The number of hydrogen-bond acceptors (Lipinski definition) is 5. The fourth-order valence-electron chi connectivity index (χ4n) is 4.03. The Labute approximate surface area is 205 Å². The number of amides is 1. The molecule has 186 valence electrons. The van der Waals surface area contributed by atoms with Crippen LogP contribution in [-0.2, 0) is 17.7 Å². The molecule has 0 radical (unpaired) electrons. The highest BCUT2D eigenvalue weighted by molar-refractivity contribution is 5.94. The lowest BCUT2D eigenvalue weighted by atomic mass is 9.99. The number of fused-ring (bicyclic) bond motifs is 3. The molecule has 2 bridgehead atoms. The van der Waals surface area contributed by atoms with Crippen molar-refractivity contribution in [3.05, 3.63) is 64.7 Å². The molecule has 0 unspecified atom stereocenters. The van der Waals surface area contributed by atoms with Gasteiger partial charge in [-0.1, -0.05) is 38.1 Å². The van der Waals surface area contributed by atoms with E-state index in [4.69, 9.17) is 9.47 Å². The third kappa shape index (κ3) is 8.75. The van der Waals surface area contributed by atoms with Gasteiger partial charge in [0.2, 0.25) is 0 Å². The van der Waals surface area contributed by atoms with Gasteiger partial charge in [0.25, 0.3) is 5.91 Å². The van der Waals surface area contributed by atoms with E-state index >= 15 is 0 Å². The van der Waals surface area contributed by atoms with Crippen LogP contribution in [0.25, 0.3) is 0 Å². The molecule has 34 heavy (non-hydrogen) atoms. The van der Waals surface area contributed by atoms with Crippen molar-refractivity contribution in [2.24, 2.45) is 5.92 Å². The maximum absolute atomic E-state index is 12.7. The SMILES string of the molecule is CC(C)CCN1CCOCCOc2ccc(C(=O)NCCN(C)C)cc2Cc2cccc(c2)C1. The molecule has 0 atom stereocenters. The summed E-state index contributed by atoms with van der Waals surface area (Å²) >= 11 is 0. The Kier molecular flexibility index (Phi) is 10.4. The molecular formula is C28H41N3O3. The summed E-state index contributed by atoms with van der Waals surface area (Å²) in [6.45, 7) is 10.6. The van der Waals surface area contributed by atoms with Gasteiger partial charge < -0.3 is 19.7 Å². The van der Waals surface area contributed by atoms with E-state index < -0.39 is 0 Å². The summed E-state index contributed by atoms with van der Waals surface area (Å²) in [5.74, 6) is 1.44. The zero-order chi connectivity index (χ0) is 24.3. The fourth-order valence-corrected chi connectivity index (χ4v) is 4.03. The molecule has 1 aliphatic heterocycles. The standard InChI is InChI=1S/C28H41N3O3/c1-22(2)10-12-31-14-15-33-16-17-34-27-9-8-25(28(32)29-11-13-30(3)4)20-26(27)19-23-6-5-7-24(18-23)21-31/h5-9,18,20,22H,10-17,19,21H2,1-4H3,(H,29,32). The maximum atomic E-state index is 12.7. The zero-order valence-electron chi connectivity index (χ0n) is 21.3. The van der Waals surface area contributed by atoms with Gasteiger partial charge in [0.05, 0.1) is 13.2 Å². The van der Waals surface area contributed by atoms with E-state index in [0.29, 0.717) is 37.8 Å². The van der Waals surface area contributed by atoms with Gasteiger partial charge in [-0.05, 0) is 67.9 Å². The molecule has 0 fully saturated rings. The quantitative estimate of drug-likeness (QED) is 0.671. The van der Waals surface area contributed by atoms with Crippen molar-refractivity contribution in [1.29, 1.82) is 0 Å². The van der Waals surface area contributed by atoms with Crippen molar-refractivity contribution >= 4 is 5.91 Å². The number of carbonyl (C=O) groups excluding carboxylic acids is 1. The van der Waals surface area contributed by atoms with Crippen LogP contribution in [0.5, 0.6) is 5.75 Å². The van der Waals surface area contributed by atoms with Crippen LogP contribution in [0.3, 0.4) is 0 Å². The van der Waals surface area contributed by atoms with Gasteiger partial charge in [-0.15, -0.1) is 0 Å². The molecule has 2 aromatic rings. The van der Waals surface area contributed by atoms with Crippen molar-refractivity contribution in [1.82, 2.24) is 15.1 Å². The topological polar surface area (TPSA) is 54.0 Å². The Morgan fingerprint density at radius 2 is 1.91 bits per heavy atom. The first kappa shape index (κ1) is 26.2. The Hall–Kier alpha value is -2.41. The number of ether oxygens (including phenoxy) is 2. The van der Waals surface area contributed by atoms with Gasteiger partial charge in [0, 0.05) is 38.2 Å². The van der Waals surface area contributed by atoms with Crippen molar-refractivity contribution in [2.75, 3.05) is 60.1 Å². The average Bonchev–Trinajstić information content (AvgIpc) is 2.79.